The lowest BCUT2D eigenvalue weighted by molar-refractivity contribution is 0.302. The van der Waals surface area contributed by atoms with Gasteiger partial charge in [0.05, 0.1) is 6.61 Å². The van der Waals surface area contributed by atoms with Crippen LogP contribution in [-0.2, 0) is 0 Å². The zero-order valence-electron chi connectivity index (χ0n) is 4.98. The molecule has 0 saturated heterocycles. The van der Waals surface area contributed by atoms with Gasteiger partial charge in [-0.1, -0.05) is 10.2 Å². The first-order valence-corrected chi connectivity index (χ1v) is 2.56. The average Bonchev–Trinajstić information content (AvgIpc) is 1.91. The van der Waals surface area contributed by atoms with Crippen molar-refractivity contribution in [2.45, 2.75) is 6.92 Å². The Hall–Kier alpha value is -1.26. The predicted octanol–water partition coefficient (Wildman–Crippen LogP) is -0.335. The van der Waals surface area contributed by atoms with Crippen LogP contribution in [0.2, 0.25) is 0 Å². The fourth-order valence-corrected chi connectivity index (χ4v) is 0.380. The highest BCUT2D eigenvalue weighted by atomic mass is 16.5. The van der Waals surface area contributed by atoms with Gasteiger partial charge in [-0.2, -0.15) is 0 Å². The van der Waals surface area contributed by atoms with E-state index in [1.54, 1.807) is 0 Å². The van der Waals surface area contributed by atoms with Crippen LogP contribution >= 0.6 is 0 Å². The van der Waals surface area contributed by atoms with Crippen molar-refractivity contribution in [2.24, 2.45) is 0 Å². The van der Waals surface area contributed by atoms with Gasteiger partial charge in [0, 0.05) is 0 Å². The van der Waals surface area contributed by atoms with Gasteiger partial charge in [-0.25, -0.2) is 0 Å². The molecule has 0 spiro atoms. The van der Waals surface area contributed by atoms with Crippen LogP contribution in [0.15, 0.2) is 6.33 Å². The molecule has 0 fully saturated rings. The summed E-state index contributed by atoms with van der Waals surface area (Å²) in [5, 5.41) is 14.0. The summed E-state index contributed by atoms with van der Waals surface area (Å²) in [6, 6.07) is 0.222. The summed E-state index contributed by atoms with van der Waals surface area (Å²) >= 11 is 0. The predicted molar refractivity (Wildman–Crippen MR) is 28.8 cm³/mol. The van der Waals surface area contributed by atoms with E-state index in [1.165, 1.54) is 6.33 Å². The van der Waals surface area contributed by atoms with Gasteiger partial charge >= 0.3 is 6.01 Å². The molecule has 0 radical (unpaired) electrons. The monoisotopic (exact) mass is 126 g/mol. The average molecular weight is 126 g/mol. The molecule has 1 heterocycles. The van der Waals surface area contributed by atoms with Gasteiger partial charge in [0.25, 0.3) is 0 Å². The van der Waals surface area contributed by atoms with Gasteiger partial charge in [0.1, 0.15) is 0 Å². The topological polar surface area (TPSA) is 60.8 Å². The minimum atomic E-state index is 0.222. The molecule has 0 aliphatic heterocycles. The van der Waals surface area contributed by atoms with Crippen molar-refractivity contribution in [1.82, 2.24) is 20.4 Å². The van der Waals surface area contributed by atoms with E-state index in [1.807, 2.05) is 6.92 Å². The van der Waals surface area contributed by atoms with Gasteiger partial charge in [-0.3, -0.25) is 0 Å². The summed E-state index contributed by atoms with van der Waals surface area (Å²) in [4.78, 5) is 0. The number of ether oxygens (including phenoxy) is 1. The van der Waals surface area contributed by atoms with E-state index in [2.05, 4.69) is 20.4 Å². The molecule has 5 heteroatoms. The molecule has 9 heavy (non-hydrogen) atoms. The van der Waals surface area contributed by atoms with Crippen molar-refractivity contribution in [2.75, 3.05) is 6.61 Å². The lowest BCUT2D eigenvalue weighted by Crippen LogP contribution is -1.99. The van der Waals surface area contributed by atoms with Crippen molar-refractivity contribution >= 4 is 0 Å². The Morgan fingerprint density at radius 3 is 2.67 bits per heavy atom. The molecule has 5 nitrogen and oxygen atoms in total. The SMILES string of the molecule is CCOc1nncnn1. The van der Waals surface area contributed by atoms with Crippen LogP contribution in [0, 0.1) is 0 Å². The van der Waals surface area contributed by atoms with Crippen molar-refractivity contribution in [3.05, 3.63) is 6.33 Å². The third-order valence-corrected chi connectivity index (χ3v) is 0.663. The smallest absolute Gasteiger partial charge is 0.354 e. The Morgan fingerprint density at radius 1 is 1.44 bits per heavy atom. The number of aromatic nitrogens is 4. The zero-order valence-corrected chi connectivity index (χ0v) is 4.98. The highest BCUT2D eigenvalue weighted by Gasteiger charge is 1.90. The number of nitrogens with zero attached hydrogens (tertiary/aromatic N) is 4. The summed E-state index contributed by atoms with van der Waals surface area (Å²) in [6.07, 6.45) is 1.25. The molecule has 0 amide bonds. The van der Waals surface area contributed by atoms with E-state index in [9.17, 15) is 0 Å². The summed E-state index contributed by atoms with van der Waals surface area (Å²) in [5.41, 5.74) is 0. The second-order valence-corrected chi connectivity index (χ2v) is 1.26. The molecule has 0 aliphatic rings. The Kier molecular flexibility index (Phi) is 1.90. The molecule has 48 valence electrons. The molecule has 0 N–H and O–H groups in total. The fraction of sp³-hybridized carbons (Fsp3) is 0.500. The molecule has 1 aromatic rings. The summed E-state index contributed by atoms with van der Waals surface area (Å²) in [5.74, 6) is 0. The van der Waals surface area contributed by atoms with Crippen molar-refractivity contribution in [3.8, 4) is 6.01 Å². The second-order valence-electron chi connectivity index (χ2n) is 1.26. The van der Waals surface area contributed by atoms with E-state index >= 15 is 0 Å². The normalized spacial score (nSPS) is 9.00. The van der Waals surface area contributed by atoms with Crippen LogP contribution in [-0.4, -0.2) is 27.0 Å². The van der Waals surface area contributed by atoms with Crippen molar-refractivity contribution in [1.29, 1.82) is 0 Å². The van der Waals surface area contributed by atoms with Gasteiger partial charge in [0.15, 0.2) is 6.33 Å². The molecule has 0 saturated carbocycles. The Morgan fingerprint density at radius 2 is 2.11 bits per heavy atom. The minimum absolute atomic E-state index is 0.222. The largest absolute Gasteiger partial charge is 0.462 e. The van der Waals surface area contributed by atoms with Crippen LogP contribution in [0.25, 0.3) is 0 Å². The third kappa shape index (κ3) is 1.60. The Bertz CT molecular complexity index is 165. The first-order chi connectivity index (χ1) is 4.43. The van der Waals surface area contributed by atoms with Crippen molar-refractivity contribution in [3.63, 3.8) is 0 Å². The van der Waals surface area contributed by atoms with E-state index in [0.29, 0.717) is 6.61 Å². The van der Waals surface area contributed by atoms with Gasteiger partial charge in [-0.05, 0) is 6.92 Å². The highest BCUT2D eigenvalue weighted by Crippen LogP contribution is 1.90. The fourth-order valence-electron chi connectivity index (χ4n) is 0.380. The molecular formula is C4H6N4O. The van der Waals surface area contributed by atoms with Crippen molar-refractivity contribution < 1.29 is 4.74 Å². The minimum Gasteiger partial charge on any atom is -0.462 e. The molecule has 1 aromatic heterocycles. The second kappa shape index (κ2) is 2.91. The van der Waals surface area contributed by atoms with Crippen LogP contribution in [0.4, 0.5) is 0 Å². The molecule has 0 atom stereocenters. The van der Waals surface area contributed by atoms with Crippen LogP contribution in [0.1, 0.15) is 6.92 Å². The van der Waals surface area contributed by atoms with Gasteiger partial charge in [-0.15, -0.1) is 10.2 Å². The maximum atomic E-state index is 4.86. The van der Waals surface area contributed by atoms with E-state index < -0.39 is 0 Å². The van der Waals surface area contributed by atoms with Crippen LogP contribution < -0.4 is 4.74 Å². The molecule has 0 aromatic carbocycles. The highest BCUT2D eigenvalue weighted by molar-refractivity contribution is 4.80. The van der Waals surface area contributed by atoms with E-state index in [4.69, 9.17) is 4.74 Å². The summed E-state index contributed by atoms with van der Waals surface area (Å²) in [6.45, 7) is 2.38. The first-order valence-electron chi connectivity index (χ1n) is 2.56. The summed E-state index contributed by atoms with van der Waals surface area (Å²) in [7, 11) is 0. The lowest BCUT2D eigenvalue weighted by Gasteiger charge is -1.93. The maximum absolute atomic E-state index is 4.86. The molecule has 0 aliphatic carbocycles. The maximum Gasteiger partial charge on any atom is 0.354 e. The van der Waals surface area contributed by atoms with Gasteiger partial charge < -0.3 is 4.74 Å². The molecular weight excluding hydrogens is 120 g/mol. The number of hydrogen-bond acceptors (Lipinski definition) is 5. The molecule has 0 bridgehead atoms. The molecule has 0 unspecified atom stereocenters. The summed E-state index contributed by atoms with van der Waals surface area (Å²) < 4.78 is 4.86. The first kappa shape index (κ1) is 5.87. The number of rotatable bonds is 2. The standard InChI is InChI=1S/C4H6N4O/c1-2-9-4-7-5-3-6-8-4/h3H,2H2,1H3. The quantitative estimate of drug-likeness (QED) is 0.542. The van der Waals surface area contributed by atoms with Gasteiger partial charge in [0.2, 0.25) is 0 Å². The van der Waals surface area contributed by atoms with E-state index in [0.717, 1.165) is 0 Å². The third-order valence-electron chi connectivity index (χ3n) is 0.663. The zero-order chi connectivity index (χ0) is 6.53. The molecule has 1 rings (SSSR count). The Labute approximate surface area is 52.1 Å². The lowest BCUT2D eigenvalue weighted by atomic mass is 10.9. The van der Waals surface area contributed by atoms with Crippen LogP contribution in [0.5, 0.6) is 6.01 Å². The number of hydrogen-bond donors (Lipinski definition) is 0. The van der Waals surface area contributed by atoms with Crippen LogP contribution in [0.3, 0.4) is 0 Å². The van der Waals surface area contributed by atoms with E-state index in [-0.39, 0.29) is 6.01 Å². The Balaban J connectivity index is 2.61.